The molecule has 0 bridgehead atoms. The maximum atomic E-state index is 10.2. The van der Waals surface area contributed by atoms with Gasteiger partial charge >= 0.3 is 0 Å². The zero-order valence-electron chi connectivity index (χ0n) is 9.05. The number of rotatable bonds is 4. The second-order valence-electron chi connectivity index (χ2n) is 4.26. The van der Waals surface area contributed by atoms with Crippen molar-refractivity contribution >= 4 is 0 Å². The lowest BCUT2D eigenvalue weighted by molar-refractivity contribution is -0.0278. The summed E-state index contributed by atoms with van der Waals surface area (Å²) in [6, 6.07) is 0. The van der Waals surface area contributed by atoms with Gasteiger partial charge in [-0.1, -0.05) is 26.7 Å². The molecule has 1 aliphatic rings. The van der Waals surface area contributed by atoms with Gasteiger partial charge in [-0.25, -0.2) is 0 Å². The molecular weight excluding hydrogens is 162 g/mol. The van der Waals surface area contributed by atoms with Gasteiger partial charge in [0, 0.05) is 13.1 Å². The smallest absolute Gasteiger partial charge is 0.0672 e. The number of nitrogens with zero attached hydrogens (tertiary/aromatic N) is 1. The van der Waals surface area contributed by atoms with Crippen LogP contribution in [-0.4, -0.2) is 35.2 Å². The van der Waals surface area contributed by atoms with Crippen molar-refractivity contribution in [2.24, 2.45) is 0 Å². The summed E-state index contributed by atoms with van der Waals surface area (Å²) in [5.41, 5.74) is -0.332. The molecule has 1 saturated heterocycles. The Kier molecular flexibility index (Phi) is 4.20. The summed E-state index contributed by atoms with van der Waals surface area (Å²) in [6.07, 6.45) is 5.31. The van der Waals surface area contributed by atoms with E-state index in [4.69, 9.17) is 0 Å². The lowest BCUT2D eigenvalue weighted by Crippen LogP contribution is -2.44. The van der Waals surface area contributed by atoms with E-state index in [1.807, 2.05) is 0 Å². The zero-order chi connectivity index (χ0) is 9.73. The van der Waals surface area contributed by atoms with Crippen molar-refractivity contribution in [1.29, 1.82) is 0 Å². The Balaban J connectivity index is 2.28. The van der Waals surface area contributed by atoms with Crippen molar-refractivity contribution in [3.63, 3.8) is 0 Å². The van der Waals surface area contributed by atoms with Crippen LogP contribution in [0.15, 0.2) is 0 Å². The van der Waals surface area contributed by atoms with Gasteiger partial charge in [0.1, 0.15) is 0 Å². The summed E-state index contributed by atoms with van der Waals surface area (Å²) in [4.78, 5) is 2.42. The van der Waals surface area contributed by atoms with Gasteiger partial charge in [0.25, 0.3) is 0 Å². The zero-order valence-corrected chi connectivity index (χ0v) is 9.05. The van der Waals surface area contributed by atoms with Crippen LogP contribution in [0, 0.1) is 0 Å². The van der Waals surface area contributed by atoms with E-state index >= 15 is 0 Å². The SMILES string of the molecule is CCCCC1(O)CCN(CC)CC1. The van der Waals surface area contributed by atoms with Gasteiger partial charge in [-0.3, -0.25) is 0 Å². The number of likely N-dealkylation sites (tertiary alicyclic amines) is 1. The predicted octanol–water partition coefficient (Wildman–Crippen LogP) is 2.02. The normalized spacial score (nSPS) is 23.3. The maximum Gasteiger partial charge on any atom is 0.0672 e. The van der Waals surface area contributed by atoms with Crippen molar-refractivity contribution in [3.05, 3.63) is 0 Å². The molecule has 2 heteroatoms. The van der Waals surface area contributed by atoms with Crippen LogP contribution in [0.5, 0.6) is 0 Å². The van der Waals surface area contributed by atoms with Crippen LogP contribution >= 0.6 is 0 Å². The summed E-state index contributed by atoms with van der Waals surface area (Å²) in [6.45, 7) is 7.66. The lowest BCUT2D eigenvalue weighted by Gasteiger charge is -2.37. The lowest BCUT2D eigenvalue weighted by atomic mass is 9.86. The highest BCUT2D eigenvalue weighted by atomic mass is 16.3. The maximum absolute atomic E-state index is 10.2. The molecule has 1 rings (SSSR count). The first-order valence-corrected chi connectivity index (χ1v) is 5.65. The Bertz CT molecular complexity index is 139. The van der Waals surface area contributed by atoms with Crippen LogP contribution in [0.2, 0.25) is 0 Å². The standard InChI is InChI=1S/C11H23NO/c1-3-5-6-11(13)7-9-12(4-2)10-8-11/h13H,3-10H2,1-2H3. The van der Waals surface area contributed by atoms with E-state index in [1.54, 1.807) is 0 Å². The molecule has 1 aliphatic heterocycles. The molecule has 1 N–H and O–H groups in total. The Hall–Kier alpha value is -0.0800. The van der Waals surface area contributed by atoms with Gasteiger partial charge in [-0.05, 0) is 25.8 Å². The molecule has 0 amide bonds. The molecule has 0 spiro atoms. The molecule has 0 aromatic carbocycles. The first-order chi connectivity index (χ1) is 6.20. The van der Waals surface area contributed by atoms with Gasteiger partial charge in [0.15, 0.2) is 0 Å². The van der Waals surface area contributed by atoms with Crippen molar-refractivity contribution < 1.29 is 5.11 Å². The van der Waals surface area contributed by atoms with Gasteiger partial charge in [0.2, 0.25) is 0 Å². The number of unbranched alkanes of at least 4 members (excludes halogenated alkanes) is 1. The number of aliphatic hydroxyl groups is 1. The molecule has 1 heterocycles. The van der Waals surface area contributed by atoms with Crippen LogP contribution in [0.4, 0.5) is 0 Å². The largest absolute Gasteiger partial charge is 0.390 e. The van der Waals surface area contributed by atoms with E-state index in [0.717, 1.165) is 38.9 Å². The minimum absolute atomic E-state index is 0.332. The fourth-order valence-corrected chi connectivity index (χ4v) is 2.04. The minimum Gasteiger partial charge on any atom is -0.390 e. The Labute approximate surface area is 81.9 Å². The van der Waals surface area contributed by atoms with Crippen molar-refractivity contribution in [3.8, 4) is 0 Å². The van der Waals surface area contributed by atoms with Gasteiger partial charge in [-0.2, -0.15) is 0 Å². The van der Waals surface area contributed by atoms with E-state index < -0.39 is 0 Å². The number of piperidine rings is 1. The highest BCUT2D eigenvalue weighted by Gasteiger charge is 2.30. The summed E-state index contributed by atoms with van der Waals surface area (Å²) in [7, 11) is 0. The molecule has 13 heavy (non-hydrogen) atoms. The van der Waals surface area contributed by atoms with Crippen LogP contribution in [-0.2, 0) is 0 Å². The van der Waals surface area contributed by atoms with Crippen LogP contribution in [0.1, 0.15) is 46.0 Å². The van der Waals surface area contributed by atoms with Gasteiger partial charge in [0.05, 0.1) is 5.60 Å². The fourth-order valence-electron chi connectivity index (χ4n) is 2.04. The average Bonchev–Trinajstić information content (AvgIpc) is 2.16. The van der Waals surface area contributed by atoms with E-state index in [1.165, 1.54) is 12.8 Å². The van der Waals surface area contributed by atoms with Crippen molar-refractivity contribution in [2.45, 2.75) is 51.6 Å². The Morgan fingerprint density at radius 2 is 1.85 bits per heavy atom. The monoisotopic (exact) mass is 185 g/mol. The summed E-state index contributed by atoms with van der Waals surface area (Å²) in [5, 5.41) is 10.2. The summed E-state index contributed by atoms with van der Waals surface area (Å²) >= 11 is 0. The number of hydrogen-bond donors (Lipinski definition) is 1. The molecule has 1 fully saturated rings. The van der Waals surface area contributed by atoms with E-state index in [0.29, 0.717) is 0 Å². The third kappa shape index (κ3) is 3.28. The first kappa shape index (κ1) is 11.0. The molecule has 78 valence electrons. The molecule has 0 aliphatic carbocycles. The molecule has 0 aromatic heterocycles. The molecular formula is C11H23NO. The van der Waals surface area contributed by atoms with E-state index in [9.17, 15) is 5.11 Å². The molecule has 0 radical (unpaired) electrons. The quantitative estimate of drug-likeness (QED) is 0.724. The first-order valence-electron chi connectivity index (χ1n) is 5.65. The highest BCUT2D eigenvalue weighted by Crippen LogP contribution is 2.27. The topological polar surface area (TPSA) is 23.5 Å². The number of hydrogen-bond acceptors (Lipinski definition) is 2. The Morgan fingerprint density at radius 1 is 1.23 bits per heavy atom. The summed E-state index contributed by atoms with van der Waals surface area (Å²) < 4.78 is 0. The molecule has 0 saturated carbocycles. The fraction of sp³-hybridized carbons (Fsp3) is 1.00. The van der Waals surface area contributed by atoms with Crippen LogP contribution in [0.3, 0.4) is 0 Å². The Morgan fingerprint density at radius 3 is 2.31 bits per heavy atom. The molecule has 0 unspecified atom stereocenters. The van der Waals surface area contributed by atoms with E-state index in [2.05, 4.69) is 18.7 Å². The van der Waals surface area contributed by atoms with Gasteiger partial charge < -0.3 is 10.0 Å². The molecule has 2 nitrogen and oxygen atoms in total. The van der Waals surface area contributed by atoms with Crippen molar-refractivity contribution in [2.75, 3.05) is 19.6 Å². The van der Waals surface area contributed by atoms with E-state index in [-0.39, 0.29) is 5.60 Å². The second-order valence-corrected chi connectivity index (χ2v) is 4.26. The summed E-state index contributed by atoms with van der Waals surface area (Å²) in [5.74, 6) is 0. The third-order valence-corrected chi connectivity index (χ3v) is 3.23. The van der Waals surface area contributed by atoms with Crippen molar-refractivity contribution in [1.82, 2.24) is 4.90 Å². The van der Waals surface area contributed by atoms with Crippen LogP contribution in [0.25, 0.3) is 0 Å². The second kappa shape index (κ2) is 4.97. The highest BCUT2D eigenvalue weighted by molar-refractivity contribution is 4.85. The predicted molar refractivity (Wildman–Crippen MR) is 55.8 cm³/mol. The molecule has 0 atom stereocenters. The van der Waals surface area contributed by atoms with Gasteiger partial charge in [-0.15, -0.1) is 0 Å². The minimum atomic E-state index is -0.332. The third-order valence-electron chi connectivity index (χ3n) is 3.23. The van der Waals surface area contributed by atoms with Crippen LogP contribution < -0.4 is 0 Å². The average molecular weight is 185 g/mol. The molecule has 0 aromatic rings.